The van der Waals surface area contributed by atoms with Gasteiger partial charge in [-0.1, -0.05) is 12.8 Å². The van der Waals surface area contributed by atoms with Crippen LogP contribution in [0.2, 0.25) is 0 Å². The third kappa shape index (κ3) is 2.15. The quantitative estimate of drug-likeness (QED) is 0.882. The van der Waals surface area contributed by atoms with Crippen LogP contribution in [0.3, 0.4) is 0 Å². The van der Waals surface area contributed by atoms with Gasteiger partial charge in [0.2, 0.25) is 0 Å². The van der Waals surface area contributed by atoms with E-state index >= 15 is 0 Å². The van der Waals surface area contributed by atoms with Crippen molar-refractivity contribution in [1.29, 1.82) is 0 Å². The highest BCUT2D eigenvalue weighted by Gasteiger charge is 2.23. The molecule has 1 aromatic rings. The van der Waals surface area contributed by atoms with Crippen molar-refractivity contribution in [2.75, 3.05) is 0 Å². The molecule has 76 valence electrons. The van der Waals surface area contributed by atoms with Crippen LogP contribution in [0.1, 0.15) is 37.4 Å². The zero-order valence-corrected chi connectivity index (χ0v) is 9.70. The Morgan fingerprint density at radius 3 is 2.64 bits per heavy atom. The lowest BCUT2D eigenvalue weighted by Gasteiger charge is -2.17. The van der Waals surface area contributed by atoms with Crippen molar-refractivity contribution in [1.82, 2.24) is 4.98 Å². The Hall–Kier alpha value is -0.410. The summed E-state index contributed by atoms with van der Waals surface area (Å²) in [5.41, 5.74) is 7.20. The summed E-state index contributed by atoms with van der Waals surface area (Å²) in [6.45, 7) is 0. The minimum atomic E-state index is 0.130. The Bertz CT molecular complexity index is 291. The number of rotatable bonds is 2. The van der Waals surface area contributed by atoms with Crippen molar-refractivity contribution in [3.8, 4) is 0 Å². The van der Waals surface area contributed by atoms with Gasteiger partial charge in [0.05, 0.1) is 5.69 Å². The normalized spacial score (nSPS) is 19.9. The summed E-state index contributed by atoms with van der Waals surface area (Å²) in [4.78, 5) is 4.35. The van der Waals surface area contributed by atoms with Crippen LogP contribution in [0, 0.1) is 5.92 Å². The van der Waals surface area contributed by atoms with E-state index in [1.54, 1.807) is 0 Å². The average Bonchev–Trinajstić information content (AvgIpc) is 2.71. The van der Waals surface area contributed by atoms with E-state index in [1.807, 2.05) is 18.3 Å². The Balaban J connectivity index is 2.09. The molecule has 1 fully saturated rings. The van der Waals surface area contributed by atoms with Crippen LogP contribution >= 0.6 is 15.9 Å². The first-order valence-electron chi connectivity index (χ1n) is 5.14. The van der Waals surface area contributed by atoms with Crippen LogP contribution in [0.15, 0.2) is 22.8 Å². The van der Waals surface area contributed by atoms with Gasteiger partial charge < -0.3 is 5.73 Å². The van der Waals surface area contributed by atoms with Crippen LogP contribution in [-0.4, -0.2) is 4.98 Å². The van der Waals surface area contributed by atoms with E-state index in [2.05, 4.69) is 20.9 Å². The van der Waals surface area contributed by atoms with Crippen LogP contribution < -0.4 is 5.73 Å². The molecule has 0 radical (unpaired) electrons. The zero-order chi connectivity index (χ0) is 9.97. The average molecular weight is 255 g/mol. The van der Waals surface area contributed by atoms with Crippen LogP contribution in [0.5, 0.6) is 0 Å². The third-order valence-corrected chi connectivity index (χ3v) is 3.47. The SMILES string of the molecule is N[C@@H](c1ccc(Br)cn1)C1CCCC1. The van der Waals surface area contributed by atoms with Gasteiger partial charge in [0.1, 0.15) is 0 Å². The molecule has 2 nitrogen and oxygen atoms in total. The van der Waals surface area contributed by atoms with Crippen LogP contribution in [0.4, 0.5) is 0 Å². The second kappa shape index (κ2) is 4.41. The Labute approximate surface area is 93.0 Å². The summed E-state index contributed by atoms with van der Waals surface area (Å²) >= 11 is 3.37. The van der Waals surface area contributed by atoms with Gasteiger partial charge in [0.25, 0.3) is 0 Å². The van der Waals surface area contributed by atoms with E-state index in [-0.39, 0.29) is 6.04 Å². The van der Waals surface area contributed by atoms with E-state index in [0.717, 1.165) is 10.2 Å². The molecule has 1 heterocycles. The number of aromatic nitrogens is 1. The standard InChI is InChI=1S/C11H15BrN2/c12-9-5-6-10(14-7-9)11(13)8-3-1-2-4-8/h5-8,11H,1-4,13H2/t11-/m1/s1. The van der Waals surface area contributed by atoms with Crippen LogP contribution in [-0.2, 0) is 0 Å². The number of hydrogen-bond acceptors (Lipinski definition) is 2. The van der Waals surface area contributed by atoms with E-state index in [1.165, 1.54) is 25.7 Å². The molecule has 1 atom stereocenters. The van der Waals surface area contributed by atoms with Gasteiger partial charge in [-0.3, -0.25) is 4.98 Å². The first kappa shape index (κ1) is 10.1. The summed E-state index contributed by atoms with van der Waals surface area (Å²) < 4.78 is 1.01. The molecule has 2 N–H and O–H groups in total. The molecule has 0 spiro atoms. The fourth-order valence-corrected chi connectivity index (χ4v) is 2.38. The topological polar surface area (TPSA) is 38.9 Å². The molecule has 2 rings (SSSR count). The first-order chi connectivity index (χ1) is 6.77. The molecule has 0 unspecified atom stereocenters. The van der Waals surface area contributed by atoms with E-state index < -0.39 is 0 Å². The highest BCUT2D eigenvalue weighted by Crippen LogP contribution is 2.33. The van der Waals surface area contributed by atoms with Gasteiger partial charge in [-0.25, -0.2) is 0 Å². The van der Waals surface area contributed by atoms with Gasteiger partial charge in [-0.15, -0.1) is 0 Å². The van der Waals surface area contributed by atoms with Crippen molar-refractivity contribution in [3.05, 3.63) is 28.5 Å². The van der Waals surface area contributed by atoms with Crippen LogP contribution in [0.25, 0.3) is 0 Å². The second-order valence-corrected chi connectivity index (χ2v) is 4.89. The predicted molar refractivity (Wildman–Crippen MR) is 60.8 cm³/mol. The fraction of sp³-hybridized carbons (Fsp3) is 0.545. The molecule has 1 aliphatic rings. The monoisotopic (exact) mass is 254 g/mol. The van der Waals surface area contributed by atoms with E-state index in [9.17, 15) is 0 Å². The molecule has 0 aliphatic heterocycles. The van der Waals surface area contributed by atoms with E-state index in [0.29, 0.717) is 5.92 Å². The number of pyridine rings is 1. The van der Waals surface area contributed by atoms with Gasteiger partial charge in [0.15, 0.2) is 0 Å². The minimum absolute atomic E-state index is 0.130. The number of nitrogens with zero attached hydrogens (tertiary/aromatic N) is 1. The van der Waals surface area contributed by atoms with E-state index in [4.69, 9.17) is 5.73 Å². The molecule has 14 heavy (non-hydrogen) atoms. The molecule has 0 saturated heterocycles. The van der Waals surface area contributed by atoms with Gasteiger partial charge in [-0.2, -0.15) is 0 Å². The molecule has 1 aliphatic carbocycles. The maximum atomic E-state index is 6.17. The van der Waals surface area contributed by atoms with Crippen molar-refractivity contribution in [2.45, 2.75) is 31.7 Å². The zero-order valence-electron chi connectivity index (χ0n) is 8.12. The summed E-state index contributed by atoms with van der Waals surface area (Å²) in [5.74, 6) is 0.642. The molecule has 0 aromatic carbocycles. The summed E-state index contributed by atoms with van der Waals surface area (Å²) in [6, 6.07) is 4.16. The molecule has 3 heteroatoms. The van der Waals surface area contributed by atoms with Crippen molar-refractivity contribution in [3.63, 3.8) is 0 Å². The van der Waals surface area contributed by atoms with Crippen molar-refractivity contribution in [2.24, 2.45) is 11.7 Å². The maximum absolute atomic E-state index is 6.17. The molecule has 0 amide bonds. The smallest absolute Gasteiger partial charge is 0.0574 e. The predicted octanol–water partition coefficient (Wildman–Crippen LogP) is 3.03. The molecular weight excluding hydrogens is 240 g/mol. The fourth-order valence-electron chi connectivity index (χ4n) is 2.14. The summed E-state index contributed by atoms with van der Waals surface area (Å²) in [6.07, 6.45) is 7.01. The second-order valence-electron chi connectivity index (χ2n) is 3.97. The van der Waals surface area contributed by atoms with Gasteiger partial charge in [-0.05, 0) is 46.8 Å². The van der Waals surface area contributed by atoms with Crippen molar-refractivity contribution < 1.29 is 0 Å². The van der Waals surface area contributed by atoms with Gasteiger partial charge in [0, 0.05) is 16.7 Å². The highest BCUT2D eigenvalue weighted by atomic mass is 79.9. The Kier molecular flexibility index (Phi) is 3.19. The lowest BCUT2D eigenvalue weighted by atomic mass is 9.96. The molecule has 0 bridgehead atoms. The highest BCUT2D eigenvalue weighted by molar-refractivity contribution is 9.10. The van der Waals surface area contributed by atoms with Crippen molar-refractivity contribution >= 4 is 15.9 Å². The Morgan fingerprint density at radius 1 is 1.36 bits per heavy atom. The molecular formula is C11H15BrN2. The number of nitrogens with two attached hydrogens (primary N) is 1. The third-order valence-electron chi connectivity index (χ3n) is 3.00. The Morgan fingerprint density at radius 2 is 2.07 bits per heavy atom. The molecule has 1 saturated carbocycles. The largest absolute Gasteiger partial charge is 0.322 e. The van der Waals surface area contributed by atoms with Gasteiger partial charge >= 0.3 is 0 Å². The lowest BCUT2D eigenvalue weighted by Crippen LogP contribution is -2.20. The first-order valence-corrected chi connectivity index (χ1v) is 5.93. The number of hydrogen-bond donors (Lipinski definition) is 1. The summed E-state index contributed by atoms with van der Waals surface area (Å²) in [7, 11) is 0. The minimum Gasteiger partial charge on any atom is -0.322 e. The maximum Gasteiger partial charge on any atom is 0.0574 e. The number of halogens is 1. The lowest BCUT2D eigenvalue weighted by molar-refractivity contribution is 0.437. The molecule has 1 aromatic heterocycles. The summed E-state index contributed by atoms with van der Waals surface area (Å²) in [5, 5.41) is 0.